The van der Waals surface area contributed by atoms with Crippen LogP contribution < -0.4 is 0 Å². The predicted octanol–water partition coefficient (Wildman–Crippen LogP) is 1.00. The number of H-pyrrole nitrogens is 1. The molecule has 4 heterocycles. The number of rotatable bonds is 4. The quantitative estimate of drug-likeness (QED) is 0.914. The molecular formula is C16H22N6O. The van der Waals surface area contributed by atoms with Crippen molar-refractivity contribution in [3.63, 3.8) is 0 Å². The number of carbonyl (C=O) groups is 1. The van der Waals surface area contributed by atoms with Gasteiger partial charge in [-0.2, -0.15) is 10.2 Å². The lowest BCUT2D eigenvalue weighted by Crippen LogP contribution is -2.43. The van der Waals surface area contributed by atoms with Crippen LogP contribution in [0.15, 0.2) is 24.7 Å². The molecule has 2 aromatic heterocycles. The summed E-state index contributed by atoms with van der Waals surface area (Å²) in [5.41, 5.74) is 2.42. The molecule has 2 aliphatic rings. The monoisotopic (exact) mass is 314 g/mol. The van der Waals surface area contributed by atoms with Crippen molar-refractivity contribution in [2.45, 2.75) is 44.9 Å². The summed E-state index contributed by atoms with van der Waals surface area (Å²) in [6.45, 7) is 4.34. The minimum Gasteiger partial charge on any atom is -0.341 e. The summed E-state index contributed by atoms with van der Waals surface area (Å²) in [6.07, 6.45) is 8.40. The van der Waals surface area contributed by atoms with Crippen LogP contribution in [0.2, 0.25) is 0 Å². The van der Waals surface area contributed by atoms with Crippen LogP contribution in [0.5, 0.6) is 0 Å². The SMILES string of the molecule is O=C1CCCN1CC1CCn2nccc2CN1Cc1cn[nH]c1. The molecule has 0 saturated carbocycles. The second-order valence-electron chi connectivity index (χ2n) is 6.44. The maximum atomic E-state index is 12.0. The topological polar surface area (TPSA) is 70.1 Å². The molecule has 7 nitrogen and oxygen atoms in total. The first-order valence-corrected chi connectivity index (χ1v) is 8.30. The molecule has 23 heavy (non-hydrogen) atoms. The second-order valence-corrected chi connectivity index (χ2v) is 6.44. The van der Waals surface area contributed by atoms with E-state index in [-0.39, 0.29) is 0 Å². The molecule has 2 aliphatic heterocycles. The highest BCUT2D eigenvalue weighted by Gasteiger charge is 2.29. The highest BCUT2D eigenvalue weighted by atomic mass is 16.2. The molecule has 7 heteroatoms. The van der Waals surface area contributed by atoms with Crippen molar-refractivity contribution in [3.05, 3.63) is 35.9 Å². The Balaban J connectivity index is 1.54. The number of hydrogen-bond acceptors (Lipinski definition) is 4. The summed E-state index contributed by atoms with van der Waals surface area (Å²) in [5.74, 6) is 0.301. The number of aryl methyl sites for hydroxylation is 1. The normalized spacial score (nSPS) is 22.3. The van der Waals surface area contributed by atoms with Gasteiger partial charge in [-0.15, -0.1) is 0 Å². The van der Waals surface area contributed by atoms with Crippen LogP contribution in [-0.2, 0) is 24.4 Å². The van der Waals surface area contributed by atoms with Gasteiger partial charge in [-0.05, 0) is 18.9 Å². The van der Waals surface area contributed by atoms with E-state index in [9.17, 15) is 4.79 Å². The number of aromatic nitrogens is 4. The van der Waals surface area contributed by atoms with E-state index in [1.807, 2.05) is 23.5 Å². The average molecular weight is 314 g/mol. The standard InChI is InChI=1S/C16H22N6O/c23-16-2-1-6-20(16)11-14-4-7-22-15(3-5-19-22)12-21(14)10-13-8-17-18-9-13/h3,5,8-9,14H,1-2,4,6-7,10-12H2,(H,17,18). The van der Waals surface area contributed by atoms with Gasteiger partial charge >= 0.3 is 0 Å². The molecule has 2 aromatic rings. The van der Waals surface area contributed by atoms with Gasteiger partial charge in [0.25, 0.3) is 0 Å². The highest BCUT2D eigenvalue weighted by molar-refractivity contribution is 5.78. The van der Waals surface area contributed by atoms with E-state index in [2.05, 4.69) is 30.9 Å². The van der Waals surface area contributed by atoms with Crippen molar-refractivity contribution in [1.82, 2.24) is 29.8 Å². The number of fused-ring (bicyclic) bond motifs is 1. The van der Waals surface area contributed by atoms with E-state index in [1.165, 1.54) is 11.3 Å². The van der Waals surface area contributed by atoms with Gasteiger partial charge < -0.3 is 4.90 Å². The van der Waals surface area contributed by atoms with Crippen LogP contribution in [0.4, 0.5) is 0 Å². The Kier molecular flexibility index (Phi) is 3.87. The van der Waals surface area contributed by atoms with Crippen molar-refractivity contribution in [1.29, 1.82) is 0 Å². The van der Waals surface area contributed by atoms with Crippen LogP contribution in [0.1, 0.15) is 30.5 Å². The van der Waals surface area contributed by atoms with Crippen molar-refractivity contribution in [2.75, 3.05) is 13.1 Å². The summed E-state index contributed by atoms with van der Waals surface area (Å²) in [6, 6.07) is 2.44. The number of hydrogen-bond donors (Lipinski definition) is 1. The summed E-state index contributed by atoms with van der Waals surface area (Å²) in [5, 5.41) is 11.4. The van der Waals surface area contributed by atoms with Gasteiger partial charge in [0.15, 0.2) is 0 Å². The molecular weight excluding hydrogens is 292 g/mol. The molecule has 1 atom stereocenters. The lowest BCUT2D eigenvalue weighted by atomic mass is 10.1. The molecule has 1 fully saturated rings. The third-order valence-corrected chi connectivity index (χ3v) is 4.90. The summed E-state index contributed by atoms with van der Waals surface area (Å²) < 4.78 is 2.09. The van der Waals surface area contributed by atoms with Gasteiger partial charge in [0, 0.05) is 63.1 Å². The summed E-state index contributed by atoms with van der Waals surface area (Å²) in [4.78, 5) is 16.5. The molecule has 0 spiro atoms. The predicted molar refractivity (Wildman–Crippen MR) is 84.3 cm³/mol. The van der Waals surface area contributed by atoms with E-state index in [0.717, 1.165) is 45.6 Å². The van der Waals surface area contributed by atoms with Crippen molar-refractivity contribution in [2.24, 2.45) is 0 Å². The first-order valence-electron chi connectivity index (χ1n) is 8.30. The molecule has 4 rings (SSSR count). The van der Waals surface area contributed by atoms with Crippen LogP contribution in [0.25, 0.3) is 0 Å². The van der Waals surface area contributed by atoms with Crippen LogP contribution in [-0.4, -0.2) is 54.8 Å². The Morgan fingerprint density at radius 2 is 2.30 bits per heavy atom. The molecule has 1 amide bonds. The van der Waals surface area contributed by atoms with E-state index in [1.54, 1.807) is 0 Å². The molecule has 0 bridgehead atoms. The lowest BCUT2D eigenvalue weighted by molar-refractivity contribution is -0.128. The van der Waals surface area contributed by atoms with Gasteiger partial charge in [0.2, 0.25) is 5.91 Å². The number of amides is 1. The van der Waals surface area contributed by atoms with Crippen molar-refractivity contribution in [3.8, 4) is 0 Å². The number of carbonyl (C=O) groups excluding carboxylic acids is 1. The smallest absolute Gasteiger partial charge is 0.222 e. The fourth-order valence-corrected chi connectivity index (χ4v) is 3.63. The van der Waals surface area contributed by atoms with Gasteiger partial charge in [0.1, 0.15) is 0 Å². The molecule has 1 N–H and O–H groups in total. The van der Waals surface area contributed by atoms with Gasteiger partial charge in [-0.25, -0.2) is 0 Å². The minimum absolute atomic E-state index is 0.301. The Hall–Kier alpha value is -2.15. The second kappa shape index (κ2) is 6.16. The molecule has 1 saturated heterocycles. The number of nitrogens with zero attached hydrogens (tertiary/aromatic N) is 5. The third-order valence-electron chi connectivity index (χ3n) is 4.90. The van der Waals surface area contributed by atoms with Crippen molar-refractivity contribution >= 4 is 5.91 Å². The molecule has 0 aliphatic carbocycles. The Morgan fingerprint density at radius 3 is 3.09 bits per heavy atom. The summed E-state index contributed by atoms with van der Waals surface area (Å²) >= 11 is 0. The zero-order valence-corrected chi connectivity index (χ0v) is 13.2. The first kappa shape index (κ1) is 14.4. The van der Waals surface area contributed by atoms with Crippen LogP contribution in [0, 0.1) is 0 Å². The number of nitrogens with one attached hydrogen (secondary N) is 1. The van der Waals surface area contributed by atoms with Crippen LogP contribution in [0.3, 0.4) is 0 Å². The first-order chi connectivity index (χ1) is 11.3. The number of aromatic amines is 1. The number of likely N-dealkylation sites (tertiary alicyclic amines) is 1. The zero-order valence-electron chi connectivity index (χ0n) is 13.2. The maximum Gasteiger partial charge on any atom is 0.222 e. The van der Waals surface area contributed by atoms with Gasteiger partial charge in [-0.3, -0.25) is 19.5 Å². The zero-order chi connectivity index (χ0) is 15.6. The maximum absolute atomic E-state index is 12.0. The minimum atomic E-state index is 0.301. The fourth-order valence-electron chi connectivity index (χ4n) is 3.63. The van der Waals surface area contributed by atoms with Crippen LogP contribution >= 0.6 is 0 Å². The van der Waals surface area contributed by atoms with Crippen molar-refractivity contribution < 1.29 is 4.79 Å². The Labute approximate surface area is 135 Å². The highest BCUT2D eigenvalue weighted by Crippen LogP contribution is 2.22. The van der Waals surface area contributed by atoms with E-state index < -0.39 is 0 Å². The Morgan fingerprint density at radius 1 is 1.35 bits per heavy atom. The molecule has 0 radical (unpaired) electrons. The third kappa shape index (κ3) is 3.01. The average Bonchev–Trinajstić information content (AvgIpc) is 3.26. The molecule has 1 unspecified atom stereocenters. The molecule has 0 aromatic carbocycles. The van der Waals surface area contributed by atoms with Gasteiger partial charge in [-0.1, -0.05) is 0 Å². The van der Waals surface area contributed by atoms with E-state index >= 15 is 0 Å². The van der Waals surface area contributed by atoms with E-state index in [0.29, 0.717) is 18.4 Å². The fraction of sp³-hybridized carbons (Fsp3) is 0.562. The van der Waals surface area contributed by atoms with E-state index in [4.69, 9.17) is 0 Å². The lowest BCUT2D eigenvalue weighted by Gasteiger charge is -2.32. The van der Waals surface area contributed by atoms with Gasteiger partial charge in [0.05, 0.1) is 11.9 Å². The molecule has 122 valence electrons. The summed E-state index contributed by atoms with van der Waals surface area (Å²) in [7, 11) is 0. The largest absolute Gasteiger partial charge is 0.341 e. The Bertz CT molecular complexity index is 664.